The van der Waals surface area contributed by atoms with Gasteiger partial charge in [-0.15, -0.1) is 0 Å². The fraction of sp³-hybridized carbons (Fsp3) is 0.364. The Balaban J connectivity index is 2.25. The molecule has 1 aromatic carbocycles. The third-order valence-electron chi connectivity index (χ3n) is 1.89. The van der Waals surface area contributed by atoms with Gasteiger partial charge in [-0.3, -0.25) is 0 Å². The molecular weight excluding hydrogens is 176 g/mol. The predicted molar refractivity (Wildman–Crippen MR) is 58.2 cm³/mol. The van der Waals surface area contributed by atoms with Gasteiger partial charge in [0.15, 0.2) is 0 Å². The fourth-order valence-electron chi connectivity index (χ4n) is 0.895. The highest BCUT2D eigenvalue weighted by molar-refractivity contribution is 5.62. The van der Waals surface area contributed by atoms with E-state index in [0.717, 1.165) is 5.56 Å². The Morgan fingerprint density at radius 3 is 2.79 bits per heavy atom. The first kappa shape index (κ1) is 10.7. The molecule has 0 unspecified atom stereocenters. The van der Waals surface area contributed by atoms with Gasteiger partial charge in [-0.1, -0.05) is 35.5 Å². The van der Waals surface area contributed by atoms with Crippen LogP contribution in [0.4, 0.5) is 0 Å². The Bertz CT molecular complexity index is 272. The van der Waals surface area contributed by atoms with Crippen LogP contribution in [0.3, 0.4) is 0 Å². The number of nitrogens with zero attached hydrogens (tertiary/aromatic N) is 1. The first-order valence-corrected chi connectivity index (χ1v) is 4.69. The molecule has 0 saturated heterocycles. The minimum Gasteiger partial charge on any atom is -0.391 e. The van der Waals surface area contributed by atoms with Gasteiger partial charge in [-0.05, 0) is 19.5 Å². The van der Waals surface area contributed by atoms with Crippen molar-refractivity contribution in [1.29, 1.82) is 0 Å². The Kier molecular flexibility index (Phi) is 4.72. The maximum absolute atomic E-state index is 5.12. The summed E-state index contributed by atoms with van der Waals surface area (Å²) in [6.07, 6.45) is 1.74. The lowest BCUT2D eigenvalue weighted by molar-refractivity contribution is 0.131. The molecule has 0 saturated carbocycles. The first-order valence-electron chi connectivity index (χ1n) is 4.69. The lowest BCUT2D eigenvalue weighted by atomic mass is 10.2. The largest absolute Gasteiger partial charge is 0.391 e. The van der Waals surface area contributed by atoms with Crippen LogP contribution in [-0.4, -0.2) is 19.3 Å². The molecule has 0 aliphatic rings. The number of oxime groups is 1. The molecule has 1 N–H and O–H groups in total. The van der Waals surface area contributed by atoms with Gasteiger partial charge in [0.2, 0.25) is 0 Å². The number of nitrogens with one attached hydrogen (secondary N) is 1. The van der Waals surface area contributed by atoms with E-state index in [2.05, 4.69) is 10.5 Å². The standard InChI is InChI=1S/C11H16N2O/c1-10(12-2)8-13-14-9-11-6-4-3-5-7-11/h3-8,10,12H,9H2,1-2H3/b13-8+/t10-/m0/s1. The quantitative estimate of drug-likeness (QED) is 0.570. The summed E-state index contributed by atoms with van der Waals surface area (Å²) in [4.78, 5) is 5.12. The third-order valence-corrected chi connectivity index (χ3v) is 1.89. The topological polar surface area (TPSA) is 33.6 Å². The molecule has 3 heteroatoms. The van der Waals surface area contributed by atoms with E-state index in [1.54, 1.807) is 6.21 Å². The Labute approximate surface area is 84.8 Å². The molecular formula is C11H16N2O. The molecule has 14 heavy (non-hydrogen) atoms. The summed E-state index contributed by atoms with van der Waals surface area (Å²) in [6.45, 7) is 2.53. The van der Waals surface area contributed by atoms with E-state index >= 15 is 0 Å². The van der Waals surface area contributed by atoms with Gasteiger partial charge in [0.1, 0.15) is 6.61 Å². The molecule has 0 aliphatic heterocycles. The molecule has 0 heterocycles. The number of benzene rings is 1. The summed E-state index contributed by atoms with van der Waals surface area (Å²) < 4.78 is 0. The monoisotopic (exact) mass is 192 g/mol. The third kappa shape index (κ3) is 4.05. The van der Waals surface area contributed by atoms with Crippen molar-refractivity contribution in [1.82, 2.24) is 5.32 Å². The van der Waals surface area contributed by atoms with E-state index < -0.39 is 0 Å². The Hall–Kier alpha value is -1.35. The van der Waals surface area contributed by atoms with Crippen LogP contribution >= 0.6 is 0 Å². The highest BCUT2D eigenvalue weighted by atomic mass is 16.6. The molecule has 3 nitrogen and oxygen atoms in total. The second kappa shape index (κ2) is 6.16. The number of rotatable bonds is 5. The van der Waals surface area contributed by atoms with Crippen molar-refractivity contribution in [2.24, 2.45) is 5.16 Å². The molecule has 0 bridgehead atoms. The summed E-state index contributed by atoms with van der Waals surface area (Å²) in [7, 11) is 1.88. The minimum atomic E-state index is 0.241. The Morgan fingerprint density at radius 1 is 1.43 bits per heavy atom. The maximum Gasteiger partial charge on any atom is 0.142 e. The lowest BCUT2D eigenvalue weighted by Crippen LogP contribution is -2.22. The zero-order valence-corrected chi connectivity index (χ0v) is 8.60. The highest BCUT2D eigenvalue weighted by Gasteiger charge is 1.91. The zero-order chi connectivity index (χ0) is 10.2. The molecule has 1 rings (SSSR count). The van der Waals surface area contributed by atoms with Crippen molar-refractivity contribution in [3.05, 3.63) is 35.9 Å². The Morgan fingerprint density at radius 2 is 2.14 bits per heavy atom. The molecule has 0 spiro atoms. The van der Waals surface area contributed by atoms with Crippen molar-refractivity contribution in [2.45, 2.75) is 19.6 Å². The van der Waals surface area contributed by atoms with Crippen molar-refractivity contribution in [3.63, 3.8) is 0 Å². The van der Waals surface area contributed by atoms with Crippen LogP contribution in [0.2, 0.25) is 0 Å². The smallest absolute Gasteiger partial charge is 0.142 e. The van der Waals surface area contributed by atoms with Crippen LogP contribution in [0.25, 0.3) is 0 Å². The summed E-state index contributed by atoms with van der Waals surface area (Å²) in [5, 5.41) is 6.88. The van der Waals surface area contributed by atoms with Crippen molar-refractivity contribution in [2.75, 3.05) is 7.05 Å². The van der Waals surface area contributed by atoms with Gasteiger partial charge in [-0.25, -0.2) is 0 Å². The highest BCUT2D eigenvalue weighted by Crippen LogP contribution is 1.99. The first-order chi connectivity index (χ1) is 6.83. The van der Waals surface area contributed by atoms with Gasteiger partial charge >= 0.3 is 0 Å². The van der Waals surface area contributed by atoms with E-state index in [-0.39, 0.29) is 6.04 Å². The lowest BCUT2D eigenvalue weighted by Gasteiger charge is -2.02. The minimum absolute atomic E-state index is 0.241. The van der Waals surface area contributed by atoms with Crippen LogP contribution in [0.1, 0.15) is 12.5 Å². The summed E-state index contributed by atoms with van der Waals surface area (Å²) in [5.41, 5.74) is 1.13. The van der Waals surface area contributed by atoms with Crippen LogP contribution in [-0.2, 0) is 11.4 Å². The maximum atomic E-state index is 5.12. The normalized spacial score (nSPS) is 13.0. The van der Waals surface area contributed by atoms with Crippen molar-refractivity contribution >= 4 is 6.21 Å². The van der Waals surface area contributed by atoms with Gasteiger partial charge in [0.05, 0.1) is 6.21 Å². The molecule has 0 fully saturated rings. The van der Waals surface area contributed by atoms with E-state index in [4.69, 9.17) is 4.84 Å². The summed E-state index contributed by atoms with van der Waals surface area (Å²) in [5.74, 6) is 0. The van der Waals surface area contributed by atoms with Crippen LogP contribution in [0, 0.1) is 0 Å². The van der Waals surface area contributed by atoms with E-state index in [9.17, 15) is 0 Å². The average Bonchev–Trinajstić information content (AvgIpc) is 2.25. The molecule has 0 aliphatic carbocycles. The second-order valence-electron chi connectivity index (χ2n) is 3.09. The van der Waals surface area contributed by atoms with Gasteiger partial charge in [-0.2, -0.15) is 0 Å². The van der Waals surface area contributed by atoms with Gasteiger partial charge in [0.25, 0.3) is 0 Å². The molecule has 76 valence electrons. The zero-order valence-electron chi connectivity index (χ0n) is 8.60. The number of hydrogen-bond acceptors (Lipinski definition) is 3. The number of hydrogen-bond donors (Lipinski definition) is 1. The van der Waals surface area contributed by atoms with E-state index in [1.807, 2.05) is 44.3 Å². The molecule has 1 aromatic rings. The predicted octanol–water partition coefficient (Wildman–Crippen LogP) is 1.80. The molecule has 1 atom stereocenters. The van der Waals surface area contributed by atoms with E-state index in [1.165, 1.54) is 0 Å². The summed E-state index contributed by atoms with van der Waals surface area (Å²) in [6, 6.07) is 10.2. The van der Waals surface area contributed by atoms with Crippen molar-refractivity contribution in [3.8, 4) is 0 Å². The average molecular weight is 192 g/mol. The fourth-order valence-corrected chi connectivity index (χ4v) is 0.895. The second-order valence-corrected chi connectivity index (χ2v) is 3.09. The SMILES string of the molecule is CN[C@@H](C)/C=N/OCc1ccccc1. The van der Waals surface area contributed by atoms with Gasteiger partial charge < -0.3 is 10.2 Å². The summed E-state index contributed by atoms with van der Waals surface area (Å²) >= 11 is 0. The van der Waals surface area contributed by atoms with Gasteiger partial charge in [0, 0.05) is 6.04 Å². The van der Waals surface area contributed by atoms with Crippen LogP contribution in [0.15, 0.2) is 35.5 Å². The van der Waals surface area contributed by atoms with Crippen LogP contribution in [0.5, 0.6) is 0 Å². The van der Waals surface area contributed by atoms with Crippen molar-refractivity contribution < 1.29 is 4.84 Å². The van der Waals surface area contributed by atoms with E-state index in [0.29, 0.717) is 6.61 Å². The van der Waals surface area contributed by atoms with Crippen LogP contribution < -0.4 is 5.32 Å². The molecule has 0 amide bonds. The molecule has 0 radical (unpaired) electrons. The molecule has 0 aromatic heterocycles.